The highest BCUT2D eigenvalue weighted by molar-refractivity contribution is 7.80. The molecular formula is C12H16S. The van der Waals surface area contributed by atoms with Gasteiger partial charge < -0.3 is 0 Å². The van der Waals surface area contributed by atoms with E-state index in [2.05, 4.69) is 30.8 Å². The van der Waals surface area contributed by atoms with E-state index in [1.807, 2.05) is 0 Å². The summed E-state index contributed by atoms with van der Waals surface area (Å²) >= 11 is 4.26. The first kappa shape index (κ1) is 9.14. The zero-order chi connectivity index (χ0) is 9.10. The normalized spacial score (nSPS) is 15.5. The molecule has 0 aliphatic heterocycles. The summed E-state index contributed by atoms with van der Waals surface area (Å²) in [5.41, 5.74) is 4.62. The molecule has 0 saturated heterocycles. The number of thiol groups is 1. The third-order valence-electron chi connectivity index (χ3n) is 2.81. The Morgan fingerprint density at radius 1 is 1.08 bits per heavy atom. The molecule has 1 aliphatic rings. The summed E-state index contributed by atoms with van der Waals surface area (Å²) in [5, 5.41) is 0. The molecule has 0 unspecified atom stereocenters. The quantitative estimate of drug-likeness (QED) is 0.684. The number of rotatable bonds is 2. The first-order chi connectivity index (χ1) is 6.40. The maximum atomic E-state index is 4.26. The van der Waals surface area contributed by atoms with Gasteiger partial charge in [-0.15, -0.1) is 0 Å². The zero-order valence-electron chi connectivity index (χ0n) is 7.92. The Hall–Kier alpha value is -0.430. The van der Waals surface area contributed by atoms with Crippen LogP contribution in [0.5, 0.6) is 0 Å². The van der Waals surface area contributed by atoms with Crippen molar-refractivity contribution in [2.75, 3.05) is 5.75 Å². The first-order valence-electron chi connectivity index (χ1n) is 5.11. The zero-order valence-corrected chi connectivity index (χ0v) is 8.82. The molecule has 0 saturated carbocycles. The third kappa shape index (κ3) is 2.08. The van der Waals surface area contributed by atoms with Crippen LogP contribution < -0.4 is 0 Å². The van der Waals surface area contributed by atoms with Gasteiger partial charge in [-0.1, -0.05) is 18.2 Å². The molecule has 1 aromatic carbocycles. The van der Waals surface area contributed by atoms with Gasteiger partial charge in [-0.05, 0) is 54.5 Å². The minimum Gasteiger partial charge on any atom is -0.179 e. The number of aryl methyl sites for hydroxylation is 3. The summed E-state index contributed by atoms with van der Waals surface area (Å²) in [4.78, 5) is 0. The van der Waals surface area contributed by atoms with Crippen molar-refractivity contribution < 1.29 is 0 Å². The Morgan fingerprint density at radius 3 is 2.62 bits per heavy atom. The second-order valence-electron chi connectivity index (χ2n) is 3.78. The number of benzene rings is 1. The lowest BCUT2D eigenvalue weighted by atomic mass is 9.90. The Morgan fingerprint density at radius 2 is 1.85 bits per heavy atom. The van der Waals surface area contributed by atoms with Gasteiger partial charge in [-0.3, -0.25) is 0 Å². The molecule has 0 amide bonds. The van der Waals surface area contributed by atoms with E-state index in [0.29, 0.717) is 0 Å². The minimum absolute atomic E-state index is 0.957. The van der Waals surface area contributed by atoms with E-state index in [1.165, 1.54) is 31.2 Å². The van der Waals surface area contributed by atoms with Crippen LogP contribution in [0.2, 0.25) is 0 Å². The van der Waals surface area contributed by atoms with Gasteiger partial charge in [0, 0.05) is 0 Å². The van der Waals surface area contributed by atoms with Crippen LogP contribution in [-0.4, -0.2) is 5.75 Å². The molecule has 0 radical (unpaired) electrons. The van der Waals surface area contributed by atoms with E-state index < -0.39 is 0 Å². The maximum absolute atomic E-state index is 4.26. The first-order valence-corrected chi connectivity index (χ1v) is 5.75. The summed E-state index contributed by atoms with van der Waals surface area (Å²) in [6, 6.07) is 6.96. The molecule has 2 rings (SSSR count). The summed E-state index contributed by atoms with van der Waals surface area (Å²) in [6.45, 7) is 0. The van der Waals surface area contributed by atoms with Crippen molar-refractivity contribution in [2.24, 2.45) is 0 Å². The molecule has 0 fully saturated rings. The van der Waals surface area contributed by atoms with E-state index in [9.17, 15) is 0 Å². The van der Waals surface area contributed by atoms with Crippen LogP contribution in [0.25, 0.3) is 0 Å². The van der Waals surface area contributed by atoms with Crippen molar-refractivity contribution in [1.82, 2.24) is 0 Å². The van der Waals surface area contributed by atoms with Crippen molar-refractivity contribution in [2.45, 2.75) is 32.1 Å². The fourth-order valence-corrected chi connectivity index (χ4v) is 2.33. The smallest absolute Gasteiger partial charge is 0.00574 e. The average molecular weight is 192 g/mol. The Balaban J connectivity index is 2.24. The predicted octanol–water partition coefficient (Wildman–Crippen LogP) is 3.04. The van der Waals surface area contributed by atoms with Crippen LogP contribution in [0.15, 0.2) is 18.2 Å². The van der Waals surface area contributed by atoms with Crippen molar-refractivity contribution >= 4 is 12.6 Å². The largest absolute Gasteiger partial charge is 0.179 e. The van der Waals surface area contributed by atoms with Gasteiger partial charge in [-0.2, -0.15) is 12.6 Å². The second kappa shape index (κ2) is 4.19. The van der Waals surface area contributed by atoms with Gasteiger partial charge in [0.2, 0.25) is 0 Å². The fourth-order valence-electron chi connectivity index (χ4n) is 2.07. The molecule has 0 spiro atoms. The molecule has 70 valence electrons. The van der Waals surface area contributed by atoms with Crippen LogP contribution in [0.3, 0.4) is 0 Å². The molecule has 13 heavy (non-hydrogen) atoms. The molecule has 0 heterocycles. The lowest BCUT2D eigenvalue weighted by Crippen LogP contribution is -2.03. The maximum Gasteiger partial charge on any atom is -0.00574 e. The second-order valence-corrected chi connectivity index (χ2v) is 4.23. The van der Waals surface area contributed by atoms with E-state index in [4.69, 9.17) is 0 Å². The van der Waals surface area contributed by atoms with E-state index in [1.54, 1.807) is 11.1 Å². The summed E-state index contributed by atoms with van der Waals surface area (Å²) < 4.78 is 0. The van der Waals surface area contributed by atoms with Crippen LogP contribution in [-0.2, 0) is 19.3 Å². The monoisotopic (exact) mass is 192 g/mol. The summed E-state index contributed by atoms with van der Waals surface area (Å²) in [6.07, 6.45) is 6.43. The molecule has 0 nitrogen and oxygen atoms in total. The van der Waals surface area contributed by atoms with Gasteiger partial charge in [0.05, 0.1) is 0 Å². The van der Waals surface area contributed by atoms with Crippen molar-refractivity contribution in [3.63, 3.8) is 0 Å². The highest BCUT2D eigenvalue weighted by atomic mass is 32.1. The van der Waals surface area contributed by atoms with Gasteiger partial charge >= 0.3 is 0 Å². The van der Waals surface area contributed by atoms with E-state index in [-0.39, 0.29) is 0 Å². The number of fused-ring (bicyclic) bond motifs is 1. The molecule has 0 bridgehead atoms. The minimum atomic E-state index is 0.957. The third-order valence-corrected chi connectivity index (χ3v) is 3.04. The summed E-state index contributed by atoms with van der Waals surface area (Å²) in [5.74, 6) is 0.957. The molecule has 1 aromatic rings. The molecule has 0 aromatic heterocycles. The molecule has 1 aliphatic carbocycles. The van der Waals surface area contributed by atoms with Crippen molar-refractivity contribution in [1.29, 1.82) is 0 Å². The standard InChI is InChI=1S/C12H16S/c13-8-7-10-5-6-11-3-1-2-4-12(11)9-10/h5-6,9,13H,1-4,7-8H2. The van der Waals surface area contributed by atoms with Crippen molar-refractivity contribution in [3.8, 4) is 0 Å². The van der Waals surface area contributed by atoms with E-state index >= 15 is 0 Å². The van der Waals surface area contributed by atoms with Crippen molar-refractivity contribution in [3.05, 3.63) is 34.9 Å². The average Bonchev–Trinajstić information content (AvgIpc) is 2.18. The highest BCUT2D eigenvalue weighted by Gasteiger charge is 2.08. The van der Waals surface area contributed by atoms with Crippen LogP contribution in [0.4, 0.5) is 0 Å². The number of hydrogen-bond donors (Lipinski definition) is 1. The fraction of sp³-hybridized carbons (Fsp3) is 0.500. The van der Waals surface area contributed by atoms with E-state index in [0.717, 1.165) is 12.2 Å². The SMILES string of the molecule is SCCc1ccc2c(c1)CCCC2. The van der Waals surface area contributed by atoms with Crippen LogP contribution in [0.1, 0.15) is 29.5 Å². The Bertz CT molecular complexity index is 291. The van der Waals surface area contributed by atoms with Crippen LogP contribution in [0, 0.1) is 0 Å². The van der Waals surface area contributed by atoms with Gasteiger partial charge in [-0.25, -0.2) is 0 Å². The Labute approximate surface area is 85.8 Å². The highest BCUT2D eigenvalue weighted by Crippen LogP contribution is 2.22. The summed E-state index contributed by atoms with van der Waals surface area (Å²) in [7, 11) is 0. The molecular weight excluding hydrogens is 176 g/mol. The van der Waals surface area contributed by atoms with Crippen LogP contribution >= 0.6 is 12.6 Å². The molecule has 0 atom stereocenters. The predicted molar refractivity (Wildman–Crippen MR) is 60.6 cm³/mol. The van der Waals surface area contributed by atoms with Gasteiger partial charge in [0.15, 0.2) is 0 Å². The number of hydrogen-bond acceptors (Lipinski definition) is 1. The molecule has 1 heteroatoms. The topological polar surface area (TPSA) is 0 Å². The lowest BCUT2D eigenvalue weighted by molar-refractivity contribution is 0.684. The van der Waals surface area contributed by atoms with Gasteiger partial charge in [0.1, 0.15) is 0 Å². The molecule has 0 N–H and O–H groups in total. The Kier molecular flexibility index (Phi) is 2.94. The lowest BCUT2D eigenvalue weighted by Gasteiger charge is -2.16. The van der Waals surface area contributed by atoms with Gasteiger partial charge in [0.25, 0.3) is 0 Å².